The number of carboxylic acids is 2. The maximum atomic E-state index is 12.5. The van der Waals surface area contributed by atoms with Crippen molar-refractivity contribution in [2.75, 3.05) is 5.75 Å². The third kappa shape index (κ3) is 6.22. The van der Waals surface area contributed by atoms with E-state index in [0.29, 0.717) is 0 Å². The van der Waals surface area contributed by atoms with Crippen LogP contribution >= 0.6 is 12.6 Å². The van der Waals surface area contributed by atoms with Crippen molar-refractivity contribution in [3.63, 3.8) is 0 Å². The number of aromatic amines is 1. The number of H-pyrrole nitrogens is 1. The molecule has 11 heteroatoms. The van der Waals surface area contributed by atoms with Crippen LogP contribution < -0.4 is 16.4 Å². The molecule has 0 radical (unpaired) electrons. The summed E-state index contributed by atoms with van der Waals surface area (Å²) in [4.78, 5) is 50.0. The minimum absolute atomic E-state index is 0.166. The van der Waals surface area contributed by atoms with E-state index in [1.165, 1.54) is 0 Å². The molecule has 0 bridgehead atoms. The normalized spacial score (nSPS) is 13.9. The minimum Gasteiger partial charge on any atom is -0.481 e. The fourth-order valence-corrected chi connectivity index (χ4v) is 3.15. The number of aromatic nitrogens is 1. The van der Waals surface area contributed by atoms with E-state index in [9.17, 15) is 19.2 Å². The van der Waals surface area contributed by atoms with Crippen molar-refractivity contribution in [1.82, 2.24) is 15.6 Å². The van der Waals surface area contributed by atoms with Crippen LogP contribution in [0.4, 0.5) is 0 Å². The average Bonchev–Trinajstić information content (AvgIpc) is 3.11. The smallest absolute Gasteiger partial charge is 0.327 e. The molecule has 1 aromatic carbocycles. The molecule has 0 aliphatic heterocycles. The Morgan fingerprint density at radius 3 is 2.37 bits per heavy atom. The van der Waals surface area contributed by atoms with Gasteiger partial charge in [-0.2, -0.15) is 12.6 Å². The van der Waals surface area contributed by atoms with Gasteiger partial charge in [-0.1, -0.05) is 18.2 Å². The maximum absolute atomic E-state index is 12.5. The highest BCUT2D eigenvalue weighted by molar-refractivity contribution is 7.80. The largest absolute Gasteiger partial charge is 0.481 e. The van der Waals surface area contributed by atoms with Gasteiger partial charge in [-0.15, -0.1) is 0 Å². The Morgan fingerprint density at radius 2 is 1.73 bits per heavy atom. The van der Waals surface area contributed by atoms with Crippen LogP contribution in [-0.2, 0) is 25.6 Å². The monoisotopic (exact) mass is 436 g/mol. The molecule has 0 spiro atoms. The Labute approximate surface area is 177 Å². The highest BCUT2D eigenvalue weighted by Crippen LogP contribution is 2.18. The first-order chi connectivity index (χ1) is 14.2. The second-order valence-corrected chi connectivity index (χ2v) is 7.11. The molecule has 0 fully saturated rings. The minimum atomic E-state index is -1.29. The molecule has 1 aromatic heterocycles. The number of hydrogen-bond acceptors (Lipinski definition) is 6. The number of carbonyl (C=O) groups excluding carboxylic acids is 2. The fraction of sp³-hybridized carbons (Fsp3) is 0.368. The molecule has 1 heterocycles. The molecule has 7 N–H and O–H groups in total. The summed E-state index contributed by atoms with van der Waals surface area (Å²) in [6.07, 6.45) is 1.33. The number of nitrogens with one attached hydrogen (secondary N) is 3. The van der Waals surface area contributed by atoms with Gasteiger partial charge in [-0.3, -0.25) is 14.4 Å². The molecule has 2 amide bonds. The molecule has 2 rings (SSSR count). The lowest BCUT2D eigenvalue weighted by atomic mass is 10.0. The van der Waals surface area contributed by atoms with E-state index in [2.05, 4.69) is 28.2 Å². The van der Waals surface area contributed by atoms with Gasteiger partial charge in [0.2, 0.25) is 11.8 Å². The van der Waals surface area contributed by atoms with Crippen molar-refractivity contribution in [3.05, 3.63) is 36.0 Å². The summed E-state index contributed by atoms with van der Waals surface area (Å²) in [5.41, 5.74) is 7.71. The predicted octanol–water partition coefficient (Wildman–Crippen LogP) is -0.113. The van der Waals surface area contributed by atoms with Crippen LogP contribution in [0.25, 0.3) is 10.9 Å². The zero-order valence-electron chi connectivity index (χ0n) is 16.0. The van der Waals surface area contributed by atoms with E-state index < -0.39 is 48.3 Å². The SMILES string of the molecule is NC(Cc1c[nH]c2ccccc12)C(=O)NC(CCC(=O)O)C(=O)NC(CS)C(=O)O. The van der Waals surface area contributed by atoms with E-state index in [1.54, 1.807) is 6.20 Å². The number of nitrogens with two attached hydrogens (primary N) is 1. The number of para-hydroxylation sites is 1. The van der Waals surface area contributed by atoms with Gasteiger partial charge < -0.3 is 31.6 Å². The molecular weight excluding hydrogens is 412 g/mol. The molecule has 2 aromatic rings. The highest BCUT2D eigenvalue weighted by Gasteiger charge is 2.28. The van der Waals surface area contributed by atoms with E-state index in [-0.39, 0.29) is 18.6 Å². The fourth-order valence-electron chi connectivity index (χ4n) is 2.90. The van der Waals surface area contributed by atoms with Gasteiger partial charge in [0.1, 0.15) is 12.1 Å². The van der Waals surface area contributed by atoms with Crippen LogP contribution in [0.5, 0.6) is 0 Å². The molecule has 162 valence electrons. The highest BCUT2D eigenvalue weighted by atomic mass is 32.1. The number of fused-ring (bicyclic) bond motifs is 1. The van der Waals surface area contributed by atoms with E-state index in [4.69, 9.17) is 15.9 Å². The second-order valence-electron chi connectivity index (χ2n) is 6.75. The molecular formula is C19H24N4O6S. The molecule has 3 unspecified atom stereocenters. The number of carboxylic acid groups (broad SMARTS) is 2. The van der Waals surface area contributed by atoms with E-state index in [0.717, 1.165) is 16.5 Å². The molecule has 0 aliphatic carbocycles. The lowest BCUT2D eigenvalue weighted by molar-refractivity contribution is -0.142. The Balaban J connectivity index is 2.07. The van der Waals surface area contributed by atoms with Crippen molar-refractivity contribution >= 4 is 47.3 Å². The predicted molar refractivity (Wildman–Crippen MR) is 112 cm³/mol. The van der Waals surface area contributed by atoms with Crippen LogP contribution in [0.1, 0.15) is 18.4 Å². The molecule has 0 saturated heterocycles. The summed E-state index contributed by atoms with van der Waals surface area (Å²) >= 11 is 3.86. The third-order valence-electron chi connectivity index (χ3n) is 4.53. The molecule has 0 saturated carbocycles. The van der Waals surface area contributed by atoms with Crippen molar-refractivity contribution in [2.24, 2.45) is 5.73 Å². The second kappa shape index (κ2) is 10.6. The Morgan fingerprint density at radius 1 is 1.07 bits per heavy atom. The third-order valence-corrected chi connectivity index (χ3v) is 4.89. The van der Waals surface area contributed by atoms with Gasteiger partial charge in [-0.25, -0.2) is 4.79 Å². The van der Waals surface area contributed by atoms with Gasteiger partial charge in [0.25, 0.3) is 0 Å². The van der Waals surface area contributed by atoms with Gasteiger partial charge in [-0.05, 0) is 24.5 Å². The number of hydrogen-bond donors (Lipinski definition) is 7. The average molecular weight is 436 g/mol. The van der Waals surface area contributed by atoms with Crippen LogP contribution in [0, 0.1) is 0 Å². The van der Waals surface area contributed by atoms with Crippen LogP contribution in [0.3, 0.4) is 0 Å². The number of benzene rings is 1. The molecule has 0 aliphatic rings. The Bertz CT molecular complexity index is 931. The molecule has 30 heavy (non-hydrogen) atoms. The van der Waals surface area contributed by atoms with Crippen molar-refractivity contribution in [3.8, 4) is 0 Å². The zero-order valence-corrected chi connectivity index (χ0v) is 16.9. The first-order valence-electron chi connectivity index (χ1n) is 9.19. The quantitative estimate of drug-likeness (QED) is 0.240. The summed E-state index contributed by atoms with van der Waals surface area (Å²) in [5, 5.41) is 23.5. The summed E-state index contributed by atoms with van der Waals surface area (Å²) < 4.78 is 0. The van der Waals surface area contributed by atoms with Gasteiger partial charge in [0.05, 0.1) is 6.04 Å². The zero-order chi connectivity index (χ0) is 22.3. The standard InChI is InChI=1S/C19H24N4O6S/c20-12(7-10-8-21-13-4-2-1-3-11(10)13)17(26)22-14(5-6-16(24)25)18(27)23-15(9-30)19(28)29/h1-4,8,12,14-15,21,30H,5-7,9,20H2,(H,22,26)(H,23,27)(H,24,25)(H,28,29). The summed E-state index contributed by atoms with van der Waals surface area (Å²) in [5.74, 6) is -4.08. The summed E-state index contributed by atoms with van der Waals surface area (Å²) in [6.45, 7) is 0. The number of carbonyl (C=O) groups is 4. The van der Waals surface area contributed by atoms with Gasteiger partial charge >= 0.3 is 11.9 Å². The van der Waals surface area contributed by atoms with Crippen LogP contribution in [0.2, 0.25) is 0 Å². The van der Waals surface area contributed by atoms with Crippen LogP contribution in [-0.4, -0.2) is 62.8 Å². The molecule has 10 nitrogen and oxygen atoms in total. The summed E-state index contributed by atoms with van der Waals surface area (Å²) in [7, 11) is 0. The van der Waals surface area contributed by atoms with E-state index >= 15 is 0 Å². The molecule has 3 atom stereocenters. The lowest BCUT2D eigenvalue weighted by Crippen LogP contribution is -2.55. The van der Waals surface area contributed by atoms with Crippen molar-refractivity contribution < 1.29 is 29.4 Å². The number of aliphatic carboxylic acids is 2. The Hall–Kier alpha value is -3.05. The van der Waals surface area contributed by atoms with Crippen molar-refractivity contribution in [2.45, 2.75) is 37.4 Å². The van der Waals surface area contributed by atoms with Gasteiger partial charge in [0, 0.05) is 29.3 Å². The van der Waals surface area contributed by atoms with E-state index in [1.807, 2.05) is 24.3 Å². The first-order valence-corrected chi connectivity index (χ1v) is 9.83. The summed E-state index contributed by atoms with van der Waals surface area (Å²) in [6, 6.07) is 3.99. The maximum Gasteiger partial charge on any atom is 0.327 e. The van der Waals surface area contributed by atoms with Crippen LogP contribution in [0.15, 0.2) is 30.5 Å². The number of rotatable bonds is 11. The Kier molecular flexibility index (Phi) is 8.25. The lowest BCUT2D eigenvalue weighted by Gasteiger charge is -2.22. The van der Waals surface area contributed by atoms with Gasteiger partial charge in [0.15, 0.2) is 0 Å². The first kappa shape index (κ1) is 23.2. The number of amides is 2. The number of thiol groups is 1. The van der Waals surface area contributed by atoms with Crippen molar-refractivity contribution in [1.29, 1.82) is 0 Å². The topological polar surface area (TPSA) is 175 Å².